The third-order valence-electron chi connectivity index (χ3n) is 0.575. The Morgan fingerprint density at radius 1 is 1.86 bits per heavy atom. The molecule has 1 aromatic heterocycles. The van der Waals surface area contributed by atoms with E-state index in [0.717, 1.165) is 3.70 Å². The van der Waals surface area contributed by atoms with Gasteiger partial charge >= 0.3 is 0 Å². The Morgan fingerprint density at radius 3 is 2.71 bits per heavy atom. The van der Waals surface area contributed by atoms with E-state index in [1.54, 1.807) is 4.68 Å². The zero-order valence-electron chi connectivity index (χ0n) is 3.80. The van der Waals surface area contributed by atoms with E-state index in [0.29, 0.717) is 0 Å². The van der Waals surface area contributed by atoms with Gasteiger partial charge in [0.05, 0.1) is 6.20 Å². The molecule has 1 heterocycles. The highest BCUT2D eigenvalue weighted by Gasteiger charge is 1.85. The van der Waals surface area contributed by atoms with Crippen molar-refractivity contribution in [2.45, 2.75) is 0 Å². The molecule has 1 aromatic rings. The summed E-state index contributed by atoms with van der Waals surface area (Å²) in [5, 5.41) is 7.39. The Labute approximate surface area is 54.9 Å². The molecule has 0 unspecified atom stereocenters. The maximum Gasteiger partial charge on any atom is 0.143 e. The summed E-state index contributed by atoms with van der Waals surface area (Å²) in [6.45, 7) is 0. The molecule has 0 N–H and O–H groups in total. The molecule has 0 fully saturated rings. The fourth-order valence-electron chi connectivity index (χ4n) is 0.319. The molecule has 0 atom stereocenters. The standard InChI is InChI=1S/C3H4IN3/c1-7-2-3(4)5-6-7/h2H,1H3. The predicted octanol–water partition coefficient (Wildman–Crippen LogP) is 0.420. The minimum atomic E-state index is 0.931. The van der Waals surface area contributed by atoms with E-state index in [9.17, 15) is 0 Å². The normalized spacial score (nSPS) is 9.43. The Kier molecular flexibility index (Phi) is 1.27. The van der Waals surface area contributed by atoms with Crippen molar-refractivity contribution in [3.63, 3.8) is 0 Å². The Balaban J connectivity index is 3.04. The highest BCUT2D eigenvalue weighted by Crippen LogP contribution is 1.93. The molecule has 4 heteroatoms. The van der Waals surface area contributed by atoms with E-state index in [2.05, 4.69) is 32.9 Å². The molecule has 0 aliphatic carbocycles. The topological polar surface area (TPSA) is 30.7 Å². The second-order valence-electron chi connectivity index (χ2n) is 1.21. The molecule has 7 heavy (non-hydrogen) atoms. The van der Waals surface area contributed by atoms with Gasteiger partial charge < -0.3 is 0 Å². The minimum Gasteiger partial charge on any atom is -0.255 e. The van der Waals surface area contributed by atoms with Gasteiger partial charge in [0.25, 0.3) is 0 Å². The van der Waals surface area contributed by atoms with Crippen molar-refractivity contribution in [2.24, 2.45) is 7.05 Å². The summed E-state index contributed by atoms with van der Waals surface area (Å²) in [4.78, 5) is 0. The van der Waals surface area contributed by atoms with Crippen molar-refractivity contribution in [1.29, 1.82) is 0 Å². The van der Waals surface area contributed by atoms with Gasteiger partial charge in [-0.15, -0.1) is 5.10 Å². The summed E-state index contributed by atoms with van der Waals surface area (Å²) in [5.41, 5.74) is 0. The summed E-state index contributed by atoms with van der Waals surface area (Å²) in [7, 11) is 1.84. The highest BCUT2D eigenvalue weighted by atomic mass is 127. The summed E-state index contributed by atoms with van der Waals surface area (Å²) in [6.07, 6.45) is 1.85. The fraction of sp³-hybridized carbons (Fsp3) is 0.333. The Morgan fingerprint density at radius 2 is 2.57 bits per heavy atom. The molecule has 0 radical (unpaired) electrons. The maximum absolute atomic E-state index is 3.72. The number of halogens is 1. The Hall–Kier alpha value is -0.130. The molecule has 0 aliphatic heterocycles. The molecule has 38 valence electrons. The lowest BCUT2D eigenvalue weighted by Crippen LogP contribution is -1.85. The van der Waals surface area contributed by atoms with Crippen molar-refractivity contribution in [3.05, 3.63) is 9.90 Å². The first kappa shape index (κ1) is 5.02. The third-order valence-corrected chi connectivity index (χ3v) is 1.07. The van der Waals surface area contributed by atoms with Gasteiger partial charge in [-0.1, -0.05) is 5.21 Å². The number of rotatable bonds is 0. The lowest BCUT2D eigenvalue weighted by atomic mass is 10.9. The largest absolute Gasteiger partial charge is 0.255 e. The molecule has 0 bridgehead atoms. The van der Waals surface area contributed by atoms with Crippen LogP contribution in [0.15, 0.2) is 6.20 Å². The van der Waals surface area contributed by atoms with Crippen LogP contribution in [0.25, 0.3) is 0 Å². The SMILES string of the molecule is Cn1cc(I)nn1. The van der Waals surface area contributed by atoms with Crippen molar-refractivity contribution < 1.29 is 0 Å². The van der Waals surface area contributed by atoms with Gasteiger partial charge in [-0.05, 0) is 22.6 Å². The van der Waals surface area contributed by atoms with Crippen molar-refractivity contribution in [1.82, 2.24) is 15.0 Å². The van der Waals surface area contributed by atoms with Gasteiger partial charge in [0, 0.05) is 7.05 Å². The van der Waals surface area contributed by atoms with Crippen LogP contribution in [0, 0.1) is 3.70 Å². The van der Waals surface area contributed by atoms with Crippen LogP contribution in [-0.4, -0.2) is 15.0 Å². The zero-order chi connectivity index (χ0) is 5.28. The predicted molar refractivity (Wildman–Crippen MR) is 33.7 cm³/mol. The molecular formula is C3H4IN3. The van der Waals surface area contributed by atoms with Crippen molar-refractivity contribution >= 4 is 22.6 Å². The average molecular weight is 209 g/mol. The number of aryl methyl sites for hydroxylation is 1. The van der Waals surface area contributed by atoms with Crippen LogP contribution in [-0.2, 0) is 7.05 Å². The van der Waals surface area contributed by atoms with E-state index < -0.39 is 0 Å². The molecular weight excluding hydrogens is 205 g/mol. The number of nitrogens with zero attached hydrogens (tertiary/aromatic N) is 3. The fourth-order valence-corrected chi connectivity index (χ4v) is 0.819. The van der Waals surface area contributed by atoms with Crippen LogP contribution >= 0.6 is 22.6 Å². The van der Waals surface area contributed by atoms with Crippen LogP contribution in [0.3, 0.4) is 0 Å². The van der Waals surface area contributed by atoms with Crippen LogP contribution in [0.4, 0.5) is 0 Å². The van der Waals surface area contributed by atoms with Crippen LogP contribution < -0.4 is 0 Å². The summed E-state index contributed by atoms with van der Waals surface area (Å²) in [6, 6.07) is 0. The quantitative estimate of drug-likeness (QED) is 0.579. The lowest BCUT2D eigenvalue weighted by molar-refractivity contribution is 0.714. The minimum absolute atomic E-state index is 0.931. The first-order valence-electron chi connectivity index (χ1n) is 1.81. The molecule has 0 saturated heterocycles. The first-order valence-corrected chi connectivity index (χ1v) is 2.89. The number of hydrogen-bond acceptors (Lipinski definition) is 2. The smallest absolute Gasteiger partial charge is 0.143 e. The van der Waals surface area contributed by atoms with Gasteiger partial charge in [-0.3, -0.25) is 4.68 Å². The van der Waals surface area contributed by atoms with E-state index in [4.69, 9.17) is 0 Å². The lowest BCUT2D eigenvalue weighted by Gasteiger charge is -1.74. The summed E-state index contributed by atoms with van der Waals surface area (Å²) < 4.78 is 2.60. The maximum atomic E-state index is 3.72. The highest BCUT2D eigenvalue weighted by molar-refractivity contribution is 14.1. The van der Waals surface area contributed by atoms with Gasteiger partial charge in [-0.25, -0.2) is 0 Å². The van der Waals surface area contributed by atoms with E-state index >= 15 is 0 Å². The van der Waals surface area contributed by atoms with Crippen molar-refractivity contribution in [3.8, 4) is 0 Å². The molecule has 0 amide bonds. The number of hydrogen-bond donors (Lipinski definition) is 0. The second-order valence-corrected chi connectivity index (χ2v) is 2.32. The second kappa shape index (κ2) is 1.77. The first-order chi connectivity index (χ1) is 3.29. The summed E-state index contributed by atoms with van der Waals surface area (Å²) in [5.74, 6) is 0. The van der Waals surface area contributed by atoms with Gasteiger partial charge in [0.2, 0.25) is 0 Å². The van der Waals surface area contributed by atoms with Crippen LogP contribution in [0.5, 0.6) is 0 Å². The number of aromatic nitrogens is 3. The van der Waals surface area contributed by atoms with Crippen LogP contribution in [0.2, 0.25) is 0 Å². The Bertz CT molecular complexity index is 142. The average Bonchev–Trinajstić information content (AvgIpc) is 1.87. The molecule has 0 aromatic carbocycles. The molecule has 1 rings (SSSR count). The third kappa shape index (κ3) is 1.12. The van der Waals surface area contributed by atoms with E-state index in [1.807, 2.05) is 13.2 Å². The van der Waals surface area contributed by atoms with Gasteiger partial charge in [0.1, 0.15) is 3.70 Å². The molecule has 0 saturated carbocycles. The summed E-state index contributed by atoms with van der Waals surface area (Å²) >= 11 is 2.11. The van der Waals surface area contributed by atoms with Crippen LogP contribution in [0.1, 0.15) is 0 Å². The van der Waals surface area contributed by atoms with Gasteiger partial charge in [-0.2, -0.15) is 0 Å². The molecule has 0 aliphatic rings. The van der Waals surface area contributed by atoms with E-state index in [-0.39, 0.29) is 0 Å². The zero-order valence-corrected chi connectivity index (χ0v) is 5.95. The molecule has 0 spiro atoms. The monoisotopic (exact) mass is 209 g/mol. The molecule has 3 nitrogen and oxygen atoms in total. The van der Waals surface area contributed by atoms with Gasteiger partial charge in [0.15, 0.2) is 0 Å². The van der Waals surface area contributed by atoms with Crippen molar-refractivity contribution in [2.75, 3.05) is 0 Å². The van der Waals surface area contributed by atoms with E-state index in [1.165, 1.54) is 0 Å².